The quantitative estimate of drug-likeness (QED) is 0.522. The van der Waals surface area contributed by atoms with Gasteiger partial charge in [-0.3, -0.25) is 4.79 Å². The molecule has 1 saturated carbocycles. The minimum Gasteiger partial charge on any atom is -0.381 e. The molecule has 104 valence electrons. The number of ether oxygens (including phenoxy) is 1. The van der Waals surface area contributed by atoms with Gasteiger partial charge in [0.1, 0.15) is 0 Å². The average molecular weight is 438 g/mol. The van der Waals surface area contributed by atoms with E-state index in [9.17, 15) is 4.79 Å². The van der Waals surface area contributed by atoms with Crippen molar-refractivity contribution >= 4 is 44.4 Å². The van der Waals surface area contributed by atoms with E-state index in [1.165, 1.54) is 12.8 Å². The first-order valence-electron chi connectivity index (χ1n) is 6.48. The van der Waals surface area contributed by atoms with Gasteiger partial charge in [-0.1, -0.05) is 0 Å². The normalized spacial score (nSPS) is 14.4. The van der Waals surface area contributed by atoms with E-state index in [2.05, 4.69) is 43.8 Å². The largest absolute Gasteiger partial charge is 0.381 e. The van der Waals surface area contributed by atoms with Crippen LogP contribution in [0.25, 0.3) is 0 Å². The summed E-state index contributed by atoms with van der Waals surface area (Å²) in [4.78, 5) is 12.0. The van der Waals surface area contributed by atoms with E-state index in [0.29, 0.717) is 12.1 Å². The number of carbonyl (C=O) groups excluding carboxylic acids is 1. The minimum atomic E-state index is -0.0346. The number of carbonyl (C=O) groups is 1. The van der Waals surface area contributed by atoms with Gasteiger partial charge in [0.05, 0.1) is 5.56 Å². The molecule has 1 N–H and O–H groups in total. The molecule has 0 saturated heterocycles. The molecular formula is C14H17BrINO2. The molecule has 0 bridgehead atoms. The Morgan fingerprint density at radius 2 is 2.26 bits per heavy atom. The van der Waals surface area contributed by atoms with Crippen molar-refractivity contribution in [2.75, 3.05) is 19.8 Å². The summed E-state index contributed by atoms with van der Waals surface area (Å²) >= 11 is 5.60. The molecule has 1 aromatic carbocycles. The molecule has 0 unspecified atom stereocenters. The van der Waals surface area contributed by atoms with E-state index >= 15 is 0 Å². The summed E-state index contributed by atoms with van der Waals surface area (Å²) in [7, 11) is 0. The predicted molar refractivity (Wildman–Crippen MR) is 87.4 cm³/mol. The molecule has 0 radical (unpaired) electrons. The number of hydrogen-bond acceptors (Lipinski definition) is 2. The van der Waals surface area contributed by atoms with Crippen molar-refractivity contribution in [1.82, 2.24) is 5.32 Å². The van der Waals surface area contributed by atoms with E-state index in [1.54, 1.807) is 0 Å². The maximum Gasteiger partial charge on any atom is 0.252 e. The van der Waals surface area contributed by atoms with Crippen molar-refractivity contribution in [3.63, 3.8) is 0 Å². The molecule has 0 atom stereocenters. The molecule has 0 spiro atoms. The second-order valence-corrected chi connectivity index (χ2v) is 6.85. The molecule has 1 aliphatic carbocycles. The van der Waals surface area contributed by atoms with Gasteiger partial charge >= 0.3 is 0 Å². The maximum absolute atomic E-state index is 12.0. The Morgan fingerprint density at radius 3 is 3.00 bits per heavy atom. The van der Waals surface area contributed by atoms with E-state index in [4.69, 9.17) is 4.74 Å². The van der Waals surface area contributed by atoms with Crippen molar-refractivity contribution in [2.45, 2.75) is 19.3 Å². The Hall–Kier alpha value is -0.140. The molecule has 1 aromatic rings. The molecule has 0 aliphatic heterocycles. The third-order valence-corrected chi connectivity index (χ3v) is 4.34. The molecule has 0 aromatic heterocycles. The van der Waals surface area contributed by atoms with Gasteiger partial charge in [0.15, 0.2) is 0 Å². The van der Waals surface area contributed by atoms with Crippen LogP contribution >= 0.6 is 38.5 Å². The molecule has 0 heterocycles. The zero-order chi connectivity index (χ0) is 13.7. The fourth-order valence-corrected chi connectivity index (χ4v) is 2.60. The third-order valence-electron chi connectivity index (χ3n) is 2.97. The molecule has 1 fully saturated rings. The van der Waals surface area contributed by atoms with Gasteiger partial charge in [-0.05, 0) is 81.9 Å². The summed E-state index contributed by atoms with van der Waals surface area (Å²) in [6.45, 7) is 2.27. The molecule has 1 aliphatic rings. The highest BCUT2D eigenvalue weighted by molar-refractivity contribution is 14.1. The van der Waals surface area contributed by atoms with Crippen LogP contribution in [0.2, 0.25) is 0 Å². The second-order valence-electron chi connectivity index (χ2n) is 4.75. The van der Waals surface area contributed by atoms with Crippen molar-refractivity contribution in [3.05, 3.63) is 31.8 Å². The van der Waals surface area contributed by atoms with Crippen LogP contribution in [0.4, 0.5) is 0 Å². The van der Waals surface area contributed by atoms with Crippen LogP contribution in [0.15, 0.2) is 22.7 Å². The van der Waals surface area contributed by atoms with Crippen LogP contribution in [0.3, 0.4) is 0 Å². The average Bonchev–Trinajstić information content (AvgIpc) is 3.20. The van der Waals surface area contributed by atoms with E-state index in [0.717, 1.165) is 33.6 Å². The lowest BCUT2D eigenvalue weighted by molar-refractivity contribution is 0.0936. The predicted octanol–water partition coefficient (Wildman–Crippen LogP) is 3.60. The Labute approximate surface area is 135 Å². The maximum atomic E-state index is 12.0. The third kappa shape index (κ3) is 5.39. The van der Waals surface area contributed by atoms with Crippen LogP contribution in [-0.2, 0) is 4.74 Å². The molecule has 2 rings (SSSR count). The van der Waals surface area contributed by atoms with E-state index < -0.39 is 0 Å². The van der Waals surface area contributed by atoms with Crippen molar-refractivity contribution in [3.8, 4) is 0 Å². The van der Waals surface area contributed by atoms with Gasteiger partial charge in [0, 0.05) is 27.8 Å². The Balaban J connectivity index is 1.66. The molecule has 19 heavy (non-hydrogen) atoms. The lowest BCUT2D eigenvalue weighted by Crippen LogP contribution is -2.25. The van der Waals surface area contributed by atoms with Crippen molar-refractivity contribution < 1.29 is 9.53 Å². The first-order chi connectivity index (χ1) is 9.16. The summed E-state index contributed by atoms with van der Waals surface area (Å²) in [6, 6.07) is 5.74. The van der Waals surface area contributed by atoms with Gasteiger partial charge in [-0.25, -0.2) is 0 Å². The lowest BCUT2D eigenvalue weighted by Gasteiger charge is -2.08. The topological polar surface area (TPSA) is 38.3 Å². The van der Waals surface area contributed by atoms with Crippen LogP contribution < -0.4 is 5.32 Å². The molecule has 5 heteroatoms. The number of amides is 1. The first-order valence-corrected chi connectivity index (χ1v) is 8.35. The van der Waals surface area contributed by atoms with Crippen LogP contribution in [0, 0.1) is 9.49 Å². The van der Waals surface area contributed by atoms with Gasteiger partial charge < -0.3 is 10.1 Å². The summed E-state index contributed by atoms with van der Waals surface area (Å²) in [5.41, 5.74) is 0.686. The SMILES string of the molecule is O=C(NCCCOCC1CC1)c1cc(I)ccc1Br. The lowest BCUT2D eigenvalue weighted by atomic mass is 10.2. The molecule has 1 amide bonds. The van der Waals surface area contributed by atoms with Crippen LogP contribution in [0.5, 0.6) is 0 Å². The summed E-state index contributed by atoms with van der Waals surface area (Å²) in [5, 5.41) is 2.92. The number of halogens is 2. The first kappa shape index (κ1) is 15.3. The van der Waals surface area contributed by atoms with E-state index in [1.807, 2.05) is 18.2 Å². The fourth-order valence-electron chi connectivity index (χ4n) is 1.68. The van der Waals surface area contributed by atoms with Crippen molar-refractivity contribution in [1.29, 1.82) is 0 Å². The second kappa shape index (κ2) is 7.59. The van der Waals surface area contributed by atoms with Gasteiger partial charge in [0.25, 0.3) is 5.91 Å². The van der Waals surface area contributed by atoms with Crippen molar-refractivity contribution in [2.24, 2.45) is 5.92 Å². The highest BCUT2D eigenvalue weighted by Gasteiger charge is 2.20. The van der Waals surface area contributed by atoms with Crippen LogP contribution in [-0.4, -0.2) is 25.7 Å². The number of rotatable bonds is 7. The summed E-state index contributed by atoms with van der Waals surface area (Å²) < 4.78 is 7.41. The van der Waals surface area contributed by atoms with E-state index in [-0.39, 0.29) is 5.91 Å². The van der Waals surface area contributed by atoms with Gasteiger partial charge in [0.2, 0.25) is 0 Å². The van der Waals surface area contributed by atoms with Gasteiger partial charge in [-0.2, -0.15) is 0 Å². The number of benzene rings is 1. The monoisotopic (exact) mass is 437 g/mol. The number of nitrogens with one attached hydrogen (secondary N) is 1. The number of hydrogen-bond donors (Lipinski definition) is 1. The standard InChI is InChI=1S/C14H17BrINO2/c15-13-5-4-11(16)8-12(13)14(18)17-6-1-7-19-9-10-2-3-10/h4-5,8,10H,1-3,6-7,9H2,(H,17,18). The summed E-state index contributed by atoms with van der Waals surface area (Å²) in [5.74, 6) is 0.768. The highest BCUT2D eigenvalue weighted by atomic mass is 127. The zero-order valence-corrected chi connectivity index (χ0v) is 14.4. The Bertz CT molecular complexity index is 449. The molecular weight excluding hydrogens is 421 g/mol. The Kier molecular flexibility index (Phi) is 6.09. The smallest absolute Gasteiger partial charge is 0.252 e. The fraction of sp³-hybridized carbons (Fsp3) is 0.500. The van der Waals surface area contributed by atoms with Gasteiger partial charge in [-0.15, -0.1) is 0 Å². The summed E-state index contributed by atoms with van der Waals surface area (Å²) in [6.07, 6.45) is 3.49. The molecule has 3 nitrogen and oxygen atoms in total. The zero-order valence-electron chi connectivity index (χ0n) is 10.6. The Morgan fingerprint density at radius 1 is 1.47 bits per heavy atom. The van der Waals surface area contributed by atoms with Crippen LogP contribution in [0.1, 0.15) is 29.6 Å². The minimum absolute atomic E-state index is 0.0346. The highest BCUT2D eigenvalue weighted by Crippen LogP contribution is 2.28.